The van der Waals surface area contributed by atoms with E-state index in [0.717, 1.165) is 11.8 Å². The average Bonchev–Trinajstić information content (AvgIpc) is 2.16. The van der Waals surface area contributed by atoms with E-state index in [4.69, 9.17) is 0 Å². The fraction of sp³-hybridized carbons (Fsp3) is 0.846. The quantitative estimate of drug-likeness (QED) is 0.623. The molecule has 0 bridgehead atoms. The maximum Gasteiger partial charge on any atom is 0.00467 e. The molecule has 0 aromatic heterocycles. The summed E-state index contributed by atoms with van der Waals surface area (Å²) in [7, 11) is 0. The summed E-state index contributed by atoms with van der Waals surface area (Å²) in [4.78, 5) is 2.60. The summed E-state index contributed by atoms with van der Waals surface area (Å²) in [5.74, 6) is 2.34. The van der Waals surface area contributed by atoms with Gasteiger partial charge in [-0.2, -0.15) is 0 Å². The molecule has 1 aliphatic rings. The van der Waals surface area contributed by atoms with Gasteiger partial charge in [-0.15, -0.1) is 6.58 Å². The van der Waals surface area contributed by atoms with Crippen LogP contribution >= 0.6 is 0 Å². The molecule has 1 nitrogen and oxygen atoms in total. The second kappa shape index (κ2) is 5.55. The highest BCUT2D eigenvalue weighted by Crippen LogP contribution is 2.20. The van der Waals surface area contributed by atoms with Gasteiger partial charge in [0.2, 0.25) is 0 Å². The Hall–Kier alpha value is -0.300. The van der Waals surface area contributed by atoms with Crippen LogP contribution in [-0.4, -0.2) is 24.5 Å². The summed E-state index contributed by atoms with van der Waals surface area (Å²) in [5.41, 5.74) is 0. The highest BCUT2D eigenvalue weighted by molar-refractivity contribution is 4.85. The SMILES string of the molecule is C=CC(CN1CCC(C)CC1)C(C)C. The van der Waals surface area contributed by atoms with Crippen LogP contribution in [0.15, 0.2) is 12.7 Å². The lowest BCUT2D eigenvalue weighted by Crippen LogP contribution is -2.37. The third-order valence-corrected chi connectivity index (χ3v) is 3.50. The largest absolute Gasteiger partial charge is 0.303 e. The minimum Gasteiger partial charge on any atom is -0.303 e. The Bertz CT molecular complexity index is 166. The van der Waals surface area contributed by atoms with Crippen molar-refractivity contribution in [2.24, 2.45) is 17.8 Å². The van der Waals surface area contributed by atoms with Gasteiger partial charge >= 0.3 is 0 Å². The lowest BCUT2D eigenvalue weighted by Gasteiger charge is -2.33. The summed E-state index contributed by atoms with van der Waals surface area (Å²) in [5, 5.41) is 0. The van der Waals surface area contributed by atoms with Gasteiger partial charge in [-0.05, 0) is 43.7 Å². The van der Waals surface area contributed by atoms with Gasteiger partial charge in [-0.25, -0.2) is 0 Å². The van der Waals surface area contributed by atoms with Crippen molar-refractivity contribution in [1.82, 2.24) is 4.90 Å². The average molecular weight is 195 g/mol. The van der Waals surface area contributed by atoms with E-state index in [2.05, 4.69) is 38.3 Å². The monoisotopic (exact) mass is 195 g/mol. The van der Waals surface area contributed by atoms with Gasteiger partial charge in [-0.1, -0.05) is 26.8 Å². The number of likely N-dealkylation sites (tertiary alicyclic amines) is 1. The van der Waals surface area contributed by atoms with Crippen LogP contribution in [0.2, 0.25) is 0 Å². The standard InChI is InChI=1S/C13H25N/c1-5-13(11(2)3)10-14-8-6-12(4)7-9-14/h5,11-13H,1,6-10H2,2-4H3. The molecule has 1 aliphatic heterocycles. The molecule has 0 radical (unpaired) electrons. The molecule has 14 heavy (non-hydrogen) atoms. The van der Waals surface area contributed by atoms with Crippen LogP contribution in [0, 0.1) is 17.8 Å². The third-order valence-electron chi connectivity index (χ3n) is 3.50. The van der Waals surface area contributed by atoms with Crippen molar-refractivity contribution in [1.29, 1.82) is 0 Å². The number of nitrogens with zero attached hydrogens (tertiary/aromatic N) is 1. The van der Waals surface area contributed by atoms with Crippen molar-refractivity contribution in [3.05, 3.63) is 12.7 Å². The molecule has 1 heterocycles. The Kier molecular flexibility index (Phi) is 4.67. The molecule has 1 unspecified atom stereocenters. The number of hydrogen-bond donors (Lipinski definition) is 0. The van der Waals surface area contributed by atoms with Crippen molar-refractivity contribution in [3.63, 3.8) is 0 Å². The van der Waals surface area contributed by atoms with Gasteiger partial charge in [-0.3, -0.25) is 0 Å². The molecule has 0 aromatic rings. The number of hydrogen-bond acceptors (Lipinski definition) is 1. The summed E-state index contributed by atoms with van der Waals surface area (Å²) < 4.78 is 0. The predicted molar refractivity (Wildman–Crippen MR) is 63.4 cm³/mol. The van der Waals surface area contributed by atoms with E-state index >= 15 is 0 Å². The maximum absolute atomic E-state index is 3.94. The molecule has 1 rings (SSSR count). The molecule has 1 heteroatoms. The van der Waals surface area contributed by atoms with E-state index in [1.54, 1.807) is 0 Å². The summed E-state index contributed by atoms with van der Waals surface area (Å²) >= 11 is 0. The van der Waals surface area contributed by atoms with Gasteiger partial charge in [0, 0.05) is 6.54 Å². The molecule has 82 valence electrons. The molecule has 1 saturated heterocycles. The Morgan fingerprint density at radius 2 is 1.93 bits per heavy atom. The van der Waals surface area contributed by atoms with Crippen LogP contribution in [0.4, 0.5) is 0 Å². The van der Waals surface area contributed by atoms with Crippen LogP contribution in [0.3, 0.4) is 0 Å². The maximum atomic E-state index is 3.94. The van der Waals surface area contributed by atoms with Crippen molar-refractivity contribution >= 4 is 0 Å². The minimum atomic E-state index is 0.670. The lowest BCUT2D eigenvalue weighted by molar-refractivity contribution is 0.165. The Balaban J connectivity index is 2.32. The second-order valence-electron chi connectivity index (χ2n) is 5.13. The highest BCUT2D eigenvalue weighted by Gasteiger charge is 2.19. The Labute approximate surface area is 89.2 Å². The summed E-state index contributed by atoms with van der Waals surface area (Å²) in [6, 6.07) is 0. The predicted octanol–water partition coefficient (Wildman–Crippen LogP) is 3.18. The highest BCUT2D eigenvalue weighted by atomic mass is 15.1. The summed E-state index contributed by atoms with van der Waals surface area (Å²) in [6.07, 6.45) is 4.88. The molecular formula is C13H25N. The van der Waals surface area contributed by atoms with Crippen molar-refractivity contribution < 1.29 is 0 Å². The molecule has 0 saturated carbocycles. The second-order valence-corrected chi connectivity index (χ2v) is 5.13. The molecule has 0 N–H and O–H groups in total. The van der Waals surface area contributed by atoms with Crippen LogP contribution < -0.4 is 0 Å². The van der Waals surface area contributed by atoms with E-state index < -0.39 is 0 Å². The Morgan fingerprint density at radius 1 is 1.36 bits per heavy atom. The minimum absolute atomic E-state index is 0.670. The molecular weight excluding hydrogens is 170 g/mol. The van der Waals surface area contributed by atoms with Crippen molar-refractivity contribution in [2.45, 2.75) is 33.6 Å². The summed E-state index contributed by atoms with van der Waals surface area (Å²) in [6.45, 7) is 14.7. The van der Waals surface area contributed by atoms with Crippen LogP contribution in [-0.2, 0) is 0 Å². The lowest BCUT2D eigenvalue weighted by atomic mass is 9.93. The first kappa shape index (κ1) is 11.8. The van der Waals surface area contributed by atoms with E-state index in [9.17, 15) is 0 Å². The van der Waals surface area contributed by atoms with E-state index in [-0.39, 0.29) is 0 Å². The van der Waals surface area contributed by atoms with E-state index in [1.165, 1.54) is 32.5 Å². The van der Waals surface area contributed by atoms with Gasteiger partial charge < -0.3 is 4.90 Å². The first-order valence-electron chi connectivity index (χ1n) is 5.98. The van der Waals surface area contributed by atoms with Crippen LogP contribution in [0.25, 0.3) is 0 Å². The van der Waals surface area contributed by atoms with E-state index in [0.29, 0.717) is 5.92 Å². The van der Waals surface area contributed by atoms with Gasteiger partial charge in [0.05, 0.1) is 0 Å². The van der Waals surface area contributed by atoms with E-state index in [1.807, 2.05) is 0 Å². The number of rotatable bonds is 4. The van der Waals surface area contributed by atoms with Crippen LogP contribution in [0.5, 0.6) is 0 Å². The molecule has 0 spiro atoms. The number of piperidine rings is 1. The smallest absolute Gasteiger partial charge is 0.00467 e. The zero-order valence-electron chi connectivity index (χ0n) is 10.00. The molecule has 1 fully saturated rings. The molecule has 0 aromatic carbocycles. The third kappa shape index (κ3) is 3.45. The Morgan fingerprint density at radius 3 is 2.36 bits per heavy atom. The van der Waals surface area contributed by atoms with Crippen molar-refractivity contribution in [3.8, 4) is 0 Å². The molecule has 0 amide bonds. The fourth-order valence-corrected chi connectivity index (χ4v) is 2.10. The zero-order chi connectivity index (χ0) is 10.6. The fourth-order valence-electron chi connectivity index (χ4n) is 2.10. The van der Waals surface area contributed by atoms with Gasteiger partial charge in [0.15, 0.2) is 0 Å². The van der Waals surface area contributed by atoms with Crippen molar-refractivity contribution in [2.75, 3.05) is 19.6 Å². The molecule has 1 atom stereocenters. The zero-order valence-corrected chi connectivity index (χ0v) is 10.00. The first-order valence-corrected chi connectivity index (χ1v) is 5.98. The topological polar surface area (TPSA) is 3.24 Å². The van der Waals surface area contributed by atoms with Gasteiger partial charge in [0.25, 0.3) is 0 Å². The first-order chi connectivity index (χ1) is 6.63. The van der Waals surface area contributed by atoms with Crippen LogP contribution in [0.1, 0.15) is 33.6 Å². The normalized spacial score (nSPS) is 22.6. The van der Waals surface area contributed by atoms with Gasteiger partial charge in [0.1, 0.15) is 0 Å². The molecule has 0 aliphatic carbocycles.